The summed E-state index contributed by atoms with van der Waals surface area (Å²) in [5, 5.41) is 0.249. The molecule has 1 aromatic carbocycles. The van der Waals surface area contributed by atoms with E-state index in [1.54, 1.807) is 19.2 Å². The molecule has 2 aromatic heterocycles. The van der Waals surface area contributed by atoms with E-state index in [9.17, 15) is 18.8 Å². The minimum absolute atomic E-state index is 0.0969. The highest BCUT2D eigenvalue weighted by atomic mass is 19.1. The summed E-state index contributed by atoms with van der Waals surface area (Å²) in [5.41, 5.74) is -0.110. The zero-order valence-electron chi connectivity index (χ0n) is 14.6. The predicted octanol–water partition coefficient (Wildman–Crippen LogP) is 1.04. The fraction of sp³-hybridized carbons (Fsp3) is 0.222. The highest BCUT2D eigenvalue weighted by Crippen LogP contribution is 2.11. The first kappa shape index (κ1) is 17.5. The zero-order valence-corrected chi connectivity index (χ0v) is 14.6. The normalized spacial score (nSPS) is 10.9. The van der Waals surface area contributed by atoms with Crippen LogP contribution in [0.2, 0.25) is 0 Å². The van der Waals surface area contributed by atoms with Crippen molar-refractivity contribution in [3.63, 3.8) is 0 Å². The first-order valence-corrected chi connectivity index (χ1v) is 7.86. The molecule has 1 amide bonds. The average molecular weight is 356 g/mol. The highest BCUT2D eigenvalue weighted by Gasteiger charge is 2.17. The first-order chi connectivity index (χ1) is 12.3. The molecule has 0 saturated carbocycles. The molecule has 26 heavy (non-hydrogen) atoms. The van der Waals surface area contributed by atoms with E-state index in [1.807, 2.05) is 0 Å². The van der Waals surface area contributed by atoms with Crippen LogP contribution in [0.15, 0.2) is 46.0 Å². The molecule has 0 atom stereocenters. The molecular formula is C18H17FN4O3. The molecule has 3 rings (SSSR count). The SMILES string of the molecule is CN(Cc1cccc(F)c1)C(=O)c1ccc2c(=O)n(C)c(=O)n(C)c2n1. The number of benzene rings is 1. The Morgan fingerprint density at radius 1 is 1.15 bits per heavy atom. The standard InChI is InChI=1S/C18H17FN4O3/c1-21(10-11-5-4-6-12(19)9-11)17(25)14-8-7-13-15(20-14)22(2)18(26)23(3)16(13)24/h4-9H,10H2,1-3H3. The summed E-state index contributed by atoms with van der Waals surface area (Å²) >= 11 is 0. The van der Waals surface area contributed by atoms with Crippen LogP contribution in [0.4, 0.5) is 4.39 Å². The molecule has 0 radical (unpaired) electrons. The molecule has 2 heterocycles. The summed E-state index contributed by atoms with van der Waals surface area (Å²) in [7, 11) is 4.44. The molecule has 0 saturated heterocycles. The van der Waals surface area contributed by atoms with Gasteiger partial charge in [0.25, 0.3) is 11.5 Å². The van der Waals surface area contributed by atoms with Crippen LogP contribution in [0.5, 0.6) is 0 Å². The van der Waals surface area contributed by atoms with E-state index in [-0.39, 0.29) is 29.1 Å². The predicted molar refractivity (Wildman–Crippen MR) is 94.4 cm³/mol. The van der Waals surface area contributed by atoms with Crippen molar-refractivity contribution >= 4 is 16.9 Å². The summed E-state index contributed by atoms with van der Waals surface area (Å²) in [6.07, 6.45) is 0. The van der Waals surface area contributed by atoms with Gasteiger partial charge in [-0.25, -0.2) is 14.2 Å². The number of fused-ring (bicyclic) bond motifs is 1. The van der Waals surface area contributed by atoms with E-state index in [1.165, 1.54) is 47.8 Å². The number of hydrogen-bond donors (Lipinski definition) is 0. The lowest BCUT2D eigenvalue weighted by Gasteiger charge is -2.17. The van der Waals surface area contributed by atoms with Crippen molar-refractivity contribution in [3.8, 4) is 0 Å². The second-order valence-electron chi connectivity index (χ2n) is 6.06. The van der Waals surface area contributed by atoms with Crippen LogP contribution < -0.4 is 11.2 Å². The van der Waals surface area contributed by atoms with Crippen molar-refractivity contribution in [1.82, 2.24) is 19.0 Å². The molecule has 3 aromatic rings. The minimum atomic E-state index is -0.521. The van der Waals surface area contributed by atoms with Crippen LogP contribution >= 0.6 is 0 Å². The Labute approximate surface area is 147 Å². The summed E-state index contributed by atoms with van der Waals surface area (Å²) in [6.45, 7) is 0.200. The lowest BCUT2D eigenvalue weighted by molar-refractivity contribution is 0.0779. The van der Waals surface area contributed by atoms with Gasteiger partial charge in [-0.3, -0.25) is 18.7 Å². The fourth-order valence-corrected chi connectivity index (χ4v) is 2.75. The van der Waals surface area contributed by atoms with Crippen LogP contribution in [0.25, 0.3) is 11.0 Å². The zero-order chi connectivity index (χ0) is 19.0. The third-order valence-electron chi connectivity index (χ3n) is 4.18. The Balaban J connectivity index is 1.98. The quantitative estimate of drug-likeness (QED) is 0.703. The molecule has 8 heteroatoms. The molecule has 0 aliphatic rings. The summed E-state index contributed by atoms with van der Waals surface area (Å²) in [4.78, 5) is 42.4. The first-order valence-electron chi connectivity index (χ1n) is 7.86. The number of carbonyl (C=O) groups excluding carboxylic acids is 1. The maximum absolute atomic E-state index is 13.3. The van der Waals surface area contributed by atoms with Gasteiger partial charge in [-0.05, 0) is 29.8 Å². The van der Waals surface area contributed by atoms with Crippen molar-refractivity contribution in [3.05, 3.63) is 74.3 Å². The number of nitrogens with zero attached hydrogens (tertiary/aromatic N) is 4. The third-order valence-corrected chi connectivity index (χ3v) is 4.18. The molecule has 0 aliphatic carbocycles. The van der Waals surface area contributed by atoms with E-state index < -0.39 is 17.2 Å². The molecule has 0 fully saturated rings. The van der Waals surface area contributed by atoms with E-state index in [0.29, 0.717) is 5.56 Å². The number of hydrogen-bond acceptors (Lipinski definition) is 4. The van der Waals surface area contributed by atoms with Gasteiger partial charge >= 0.3 is 5.69 Å². The van der Waals surface area contributed by atoms with Gasteiger partial charge in [0.1, 0.15) is 17.2 Å². The number of carbonyl (C=O) groups is 1. The van der Waals surface area contributed by atoms with Crippen molar-refractivity contribution in [1.29, 1.82) is 0 Å². The van der Waals surface area contributed by atoms with Gasteiger partial charge in [0, 0.05) is 27.7 Å². The van der Waals surface area contributed by atoms with Gasteiger partial charge in [0.2, 0.25) is 0 Å². The molecule has 0 N–H and O–H groups in total. The van der Waals surface area contributed by atoms with Gasteiger partial charge in [0.15, 0.2) is 0 Å². The van der Waals surface area contributed by atoms with Crippen molar-refractivity contribution in [2.45, 2.75) is 6.54 Å². The summed E-state index contributed by atoms with van der Waals surface area (Å²) in [6, 6.07) is 8.89. The molecule has 7 nitrogen and oxygen atoms in total. The third kappa shape index (κ3) is 3.01. The Morgan fingerprint density at radius 2 is 1.88 bits per heavy atom. The van der Waals surface area contributed by atoms with Crippen molar-refractivity contribution in [2.24, 2.45) is 14.1 Å². The Kier molecular flexibility index (Phi) is 4.41. The summed E-state index contributed by atoms with van der Waals surface area (Å²) < 4.78 is 15.5. The van der Waals surface area contributed by atoms with Gasteiger partial charge in [-0.15, -0.1) is 0 Å². The van der Waals surface area contributed by atoms with Gasteiger partial charge in [-0.2, -0.15) is 0 Å². The number of aromatic nitrogens is 3. The van der Waals surface area contributed by atoms with Gasteiger partial charge in [0.05, 0.1) is 5.39 Å². The summed E-state index contributed by atoms with van der Waals surface area (Å²) in [5.74, 6) is -0.776. The second kappa shape index (κ2) is 6.55. The molecule has 0 unspecified atom stereocenters. The topological polar surface area (TPSA) is 77.2 Å². The maximum atomic E-state index is 13.3. The molecule has 134 valence electrons. The average Bonchev–Trinajstić information content (AvgIpc) is 2.63. The minimum Gasteiger partial charge on any atom is -0.336 e. The molecule has 0 aliphatic heterocycles. The Bertz CT molecular complexity index is 1130. The van der Waals surface area contributed by atoms with E-state index in [0.717, 1.165) is 4.57 Å². The van der Waals surface area contributed by atoms with Crippen molar-refractivity contribution < 1.29 is 9.18 Å². The second-order valence-corrected chi connectivity index (χ2v) is 6.06. The molecular weight excluding hydrogens is 339 g/mol. The number of rotatable bonds is 3. The smallest absolute Gasteiger partial charge is 0.332 e. The number of aryl methyl sites for hydroxylation is 1. The van der Waals surface area contributed by atoms with E-state index in [2.05, 4.69) is 4.98 Å². The van der Waals surface area contributed by atoms with Crippen LogP contribution in [0.3, 0.4) is 0 Å². The lowest BCUT2D eigenvalue weighted by atomic mass is 10.2. The van der Waals surface area contributed by atoms with Gasteiger partial charge < -0.3 is 4.90 Å². The van der Waals surface area contributed by atoms with E-state index >= 15 is 0 Å². The number of halogens is 1. The largest absolute Gasteiger partial charge is 0.336 e. The number of amides is 1. The molecule has 0 bridgehead atoms. The Hall–Kier alpha value is -3.29. The number of pyridine rings is 1. The highest BCUT2D eigenvalue weighted by molar-refractivity contribution is 5.94. The lowest BCUT2D eigenvalue weighted by Crippen LogP contribution is -2.37. The fourth-order valence-electron chi connectivity index (χ4n) is 2.75. The van der Waals surface area contributed by atoms with Gasteiger partial charge in [-0.1, -0.05) is 12.1 Å². The van der Waals surface area contributed by atoms with Crippen LogP contribution in [-0.4, -0.2) is 32.0 Å². The maximum Gasteiger partial charge on any atom is 0.332 e. The van der Waals surface area contributed by atoms with E-state index in [4.69, 9.17) is 0 Å². The van der Waals surface area contributed by atoms with Crippen molar-refractivity contribution in [2.75, 3.05) is 7.05 Å². The Morgan fingerprint density at radius 3 is 2.58 bits per heavy atom. The van der Waals surface area contributed by atoms with Crippen LogP contribution in [-0.2, 0) is 20.6 Å². The molecule has 0 spiro atoms. The van der Waals surface area contributed by atoms with Crippen LogP contribution in [0.1, 0.15) is 16.1 Å². The monoisotopic (exact) mass is 356 g/mol. The van der Waals surface area contributed by atoms with Crippen LogP contribution in [0, 0.1) is 5.82 Å².